The van der Waals surface area contributed by atoms with Gasteiger partial charge in [-0.25, -0.2) is 0 Å². The molecule has 2 bridgehead atoms. The zero-order valence-electron chi connectivity index (χ0n) is 6.93. The molecule has 0 saturated heterocycles. The van der Waals surface area contributed by atoms with Gasteiger partial charge in [0.1, 0.15) is 0 Å². The minimum absolute atomic E-state index is 0.355. The molecule has 3 rings (SSSR count). The van der Waals surface area contributed by atoms with Crippen molar-refractivity contribution in [2.45, 2.75) is 25.0 Å². The van der Waals surface area contributed by atoms with Gasteiger partial charge >= 0.3 is 0 Å². The molecule has 0 radical (unpaired) electrons. The van der Waals surface area contributed by atoms with Gasteiger partial charge in [0.2, 0.25) is 0 Å². The topological polar surface area (TPSA) is 40.5 Å². The van der Waals surface area contributed by atoms with Crippen molar-refractivity contribution in [3.8, 4) is 0 Å². The maximum atomic E-state index is 9.66. The second-order valence-corrected chi connectivity index (χ2v) is 4.45. The van der Waals surface area contributed by atoms with Crippen molar-refractivity contribution in [1.82, 2.24) is 0 Å². The first-order chi connectivity index (χ1) is 5.79. The third-order valence-corrected chi connectivity index (χ3v) is 4.08. The maximum Gasteiger partial charge on any atom is 0.0835 e. The summed E-state index contributed by atoms with van der Waals surface area (Å²) >= 11 is 0. The van der Waals surface area contributed by atoms with Crippen molar-refractivity contribution >= 4 is 0 Å². The highest BCUT2D eigenvalue weighted by molar-refractivity contribution is 5.16. The standard InChI is InChI=1S/C10H14O2/c11-9-7-4-8(10(9)12)6-3-1-2-5(6)7/h1-2,5-12H,3-4H2/t5-,6+,7+,8-,9+,10-/m0/s1. The Morgan fingerprint density at radius 3 is 2.58 bits per heavy atom. The molecule has 2 nitrogen and oxygen atoms in total. The number of aliphatic hydroxyl groups is 2. The number of hydrogen-bond acceptors (Lipinski definition) is 2. The Morgan fingerprint density at radius 1 is 1.00 bits per heavy atom. The molecule has 0 heterocycles. The third kappa shape index (κ3) is 0.639. The van der Waals surface area contributed by atoms with Crippen LogP contribution in [-0.2, 0) is 0 Å². The smallest absolute Gasteiger partial charge is 0.0835 e. The van der Waals surface area contributed by atoms with Gasteiger partial charge in [-0.3, -0.25) is 0 Å². The molecule has 0 aromatic carbocycles. The molecule has 2 fully saturated rings. The summed E-state index contributed by atoms with van der Waals surface area (Å²) in [5, 5.41) is 19.3. The van der Waals surface area contributed by atoms with E-state index in [9.17, 15) is 10.2 Å². The van der Waals surface area contributed by atoms with Gasteiger partial charge in [-0.05, 0) is 36.5 Å². The minimum atomic E-state index is -0.445. The molecule has 6 atom stereocenters. The molecule has 2 N–H and O–H groups in total. The second-order valence-electron chi connectivity index (χ2n) is 4.45. The Labute approximate surface area is 71.9 Å². The molecule has 0 spiro atoms. The van der Waals surface area contributed by atoms with Crippen LogP contribution in [0.15, 0.2) is 12.2 Å². The minimum Gasteiger partial charge on any atom is -0.390 e. The van der Waals surface area contributed by atoms with Gasteiger partial charge in [-0.1, -0.05) is 12.2 Å². The number of allylic oxidation sites excluding steroid dienone is 2. The van der Waals surface area contributed by atoms with Crippen LogP contribution in [0.2, 0.25) is 0 Å². The normalized spacial score (nSPS) is 61.2. The van der Waals surface area contributed by atoms with Crippen LogP contribution < -0.4 is 0 Å². The summed E-state index contributed by atoms with van der Waals surface area (Å²) in [4.78, 5) is 0. The van der Waals surface area contributed by atoms with Crippen LogP contribution in [0.1, 0.15) is 12.8 Å². The average molecular weight is 166 g/mol. The molecule has 12 heavy (non-hydrogen) atoms. The van der Waals surface area contributed by atoms with E-state index in [0.717, 1.165) is 12.8 Å². The largest absolute Gasteiger partial charge is 0.390 e. The first-order valence-electron chi connectivity index (χ1n) is 4.82. The summed E-state index contributed by atoms with van der Waals surface area (Å²) in [5.41, 5.74) is 0. The predicted octanol–water partition coefficient (Wildman–Crippen LogP) is 0.550. The van der Waals surface area contributed by atoms with Gasteiger partial charge in [-0.2, -0.15) is 0 Å². The van der Waals surface area contributed by atoms with Crippen molar-refractivity contribution in [2.75, 3.05) is 0 Å². The Hall–Kier alpha value is -0.340. The summed E-state index contributed by atoms with van der Waals surface area (Å²) in [6.07, 6.45) is 5.73. The van der Waals surface area contributed by atoms with Crippen molar-refractivity contribution in [1.29, 1.82) is 0 Å². The molecule has 0 unspecified atom stereocenters. The van der Waals surface area contributed by atoms with Crippen LogP contribution in [0, 0.1) is 23.7 Å². The van der Waals surface area contributed by atoms with Gasteiger partial charge in [0.25, 0.3) is 0 Å². The summed E-state index contributed by atoms with van der Waals surface area (Å²) in [7, 11) is 0. The van der Waals surface area contributed by atoms with Gasteiger partial charge in [0, 0.05) is 0 Å². The molecule has 66 valence electrons. The van der Waals surface area contributed by atoms with Crippen LogP contribution in [0.4, 0.5) is 0 Å². The first kappa shape index (κ1) is 7.10. The molecular formula is C10H14O2. The quantitative estimate of drug-likeness (QED) is 0.516. The molecule has 0 aromatic rings. The van der Waals surface area contributed by atoms with Crippen LogP contribution >= 0.6 is 0 Å². The molecule has 0 aromatic heterocycles. The van der Waals surface area contributed by atoms with Crippen molar-refractivity contribution < 1.29 is 10.2 Å². The van der Waals surface area contributed by atoms with Crippen molar-refractivity contribution in [3.63, 3.8) is 0 Å². The summed E-state index contributed by atoms with van der Waals surface area (Å²) in [6.45, 7) is 0. The van der Waals surface area contributed by atoms with E-state index in [2.05, 4.69) is 12.2 Å². The Balaban J connectivity index is 1.95. The number of aliphatic hydroxyl groups excluding tert-OH is 2. The Morgan fingerprint density at radius 2 is 1.75 bits per heavy atom. The van der Waals surface area contributed by atoms with E-state index in [1.54, 1.807) is 0 Å². The predicted molar refractivity (Wildman–Crippen MR) is 44.3 cm³/mol. The highest BCUT2D eigenvalue weighted by Crippen LogP contribution is 2.56. The molecule has 0 amide bonds. The molecule has 0 aliphatic heterocycles. The number of fused-ring (bicyclic) bond motifs is 5. The lowest BCUT2D eigenvalue weighted by molar-refractivity contribution is -0.0447. The van der Waals surface area contributed by atoms with Crippen LogP contribution in [0.5, 0.6) is 0 Å². The van der Waals surface area contributed by atoms with E-state index >= 15 is 0 Å². The average Bonchev–Trinajstić information content (AvgIpc) is 2.63. The molecule has 2 heteroatoms. The molecular weight excluding hydrogens is 152 g/mol. The van der Waals surface area contributed by atoms with E-state index in [-0.39, 0.29) is 0 Å². The fraction of sp³-hybridized carbons (Fsp3) is 0.800. The van der Waals surface area contributed by atoms with Crippen molar-refractivity contribution in [3.05, 3.63) is 12.2 Å². The van der Waals surface area contributed by atoms with E-state index < -0.39 is 12.2 Å². The molecule has 3 aliphatic rings. The van der Waals surface area contributed by atoms with E-state index in [4.69, 9.17) is 0 Å². The zero-order valence-corrected chi connectivity index (χ0v) is 6.93. The van der Waals surface area contributed by atoms with Gasteiger partial charge in [0.05, 0.1) is 12.2 Å². The number of rotatable bonds is 0. The maximum absolute atomic E-state index is 9.66. The monoisotopic (exact) mass is 166 g/mol. The summed E-state index contributed by atoms with van der Waals surface area (Å²) in [6, 6.07) is 0. The SMILES string of the molecule is O[C@@H]1[C@H](O)[C@@H]2C[C@H]1[C@@H]1CC=C[C@@H]12. The van der Waals surface area contributed by atoms with Gasteiger partial charge in [0.15, 0.2) is 0 Å². The zero-order chi connectivity index (χ0) is 8.29. The first-order valence-corrected chi connectivity index (χ1v) is 4.82. The van der Waals surface area contributed by atoms with E-state index in [0.29, 0.717) is 23.7 Å². The number of hydrogen-bond donors (Lipinski definition) is 2. The van der Waals surface area contributed by atoms with Crippen LogP contribution in [0.3, 0.4) is 0 Å². The second kappa shape index (κ2) is 2.12. The lowest BCUT2D eigenvalue weighted by Crippen LogP contribution is -2.39. The molecule has 3 aliphatic carbocycles. The van der Waals surface area contributed by atoms with Gasteiger partial charge < -0.3 is 10.2 Å². The lowest BCUT2D eigenvalue weighted by Gasteiger charge is -2.32. The van der Waals surface area contributed by atoms with Crippen LogP contribution in [-0.4, -0.2) is 22.4 Å². The van der Waals surface area contributed by atoms with Gasteiger partial charge in [-0.15, -0.1) is 0 Å². The fourth-order valence-electron chi connectivity index (χ4n) is 3.53. The van der Waals surface area contributed by atoms with E-state index in [1.807, 2.05) is 0 Å². The third-order valence-electron chi connectivity index (χ3n) is 4.08. The summed E-state index contributed by atoms with van der Waals surface area (Å²) in [5.74, 6) is 1.96. The summed E-state index contributed by atoms with van der Waals surface area (Å²) < 4.78 is 0. The lowest BCUT2D eigenvalue weighted by atomic mass is 9.78. The van der Waals surface area contributed by atoms with Crippen LogP contribution in [0.25, 0.3) is 0 Å². The van der Waals surface area contributed by atoms with E-state index in [1.165, 1.54) is 0 Å². The highest BCUT2D eigenvalue weighted by Gasteiger charge is 2.56. The fourth-order valence-corrected chi connectivity index (χ4v) is 3.53. The Kier molecular flexibility index (Phi) is 1.25. The Bertz CT molecular complexity index is 236. The highest BCUT2D eigenvalue weighted by atomic mass is 16.3. The van der Waals surface area contributed by atoms with Crippen molar-refractivity contribution in [2.24, 2.45) is 23.7 Å². The molecule has 2 saturated carbocycles.